The number of carboxylic acids is 1. The van der Waals surface area contributed by atoms with Crippen molar-refractivity contribution in [2.45, 2.75) is 12.8 Å². The summed E-state index contributed by atoms with van der Waals surface area (Å²) in [6.45, 7) is 0. The first-order valence-corrected chi connectivity index (χ1v) is 5.79. The Labute approximate surface area is 105 Å². The first kappa shape index (κ1) is 11.4. The number of hydrogen-bond donors (Lipinski definition) is 2. The molecule has 0 saturated carbocycles. The Bertz CT molecular complexity index is 514. The predicted molar refractivity (Wildman–Crippen MR) is 64.8 cm³/mol. The Morgan fingerprint density at radius 2 is 2.31 bits per heavy atom. The third-order valence-electron chi connectivity index (χ3n) is 2.15. The fourth-order valence-electron chi connectivity index (χ4n) is 1.40. The number of nitrogens with one attached hydrogen (secondary N) is 1. The van der Waals surface area contributed by atoms with Gasteiger partial charge in [0.15, 0.2) is 0 Å². The van der Waals surface area contributed by atoms with Gasteiger partial charge in [0, 0.05) is 10.9 Å². The van der Waals surface area contributed by atoms with Crippen LogP contribution >= 0.6 is 27.5 Å². The number of halogens is 2. The van der Waals surface area contributed by atoms with Crippen molar-refractivity contribution in [3.63, 3.8) is 0 Å². The summed E-state index contributed by atoms with van der Waals surface area (Å²) in [6, 6.07) is 3.57. The molecule has 0 aliphatic heterocycles. The smallest absolute Gasteiger partial charge is 0.303 e. The second-order valence-corrected chi connectivity index (χ2v) is 4.62. The molecule has 0 aliphatic carbocycles. The van der Waals surface area contributed by atoms with E-state index in [9.17, 15) is 4.79 Å². The number of carboxylic acid groups (broad SMARTS) is 1. The molecule has 4 nitrogen and oxygen atoms in total. The maximum atomic E-state index is 10.4. The molecular formula is C10H8BrClN2O2. The van der Waals surface area contributed by atoms with Gasteiger partial charge in [-0.05, 0) is 28.1 Å². The van der Waals surface area contributed by atoms with Crippen LogP contribution in [0.2, 0.25) is 5.02 Å². The van der Waals surface area contributed by atoms with Crippen molar-refractivity contribution in [2.24, 2.45) is 0 Å². The van der Waals surface area contributed by atoms with Gasteiger partial charge < -0.3 is 10.1 Å². The van der Waals surface area contributed by atoms with Crippen LogP contribution in [0.15, 0.2) is 16.6 Å². The number of aliphatic carboxylic acids is 1. The Morgan fingerprint density at radius 1 is 1.56 bits per heavy atom. The number of rotatable bonds is 3. The third-order valence-corrected chi connectivity index (χ3v) is 3.35. The summed E-state index contributed by atoms with van der Waals surface area (Å²) in [5, 5.41) is 9.17. The van der Waals surface area contributed by atoms with E-state index < -0.39 is 5.97 Å². The van der Waals surface area contributed by atoms with Crippen molar-refractivity contribution in [3.05, 3.63) is 27.5 Å². The van der Waals surface area contributed by atoms with Crippen molar-refractivity contribution in [1.29, 1.82) is 0 Å². The number of carbonyl (C=O) groups is 1. The molecule has 0 fully saturated rings. The van der Waals surface area contributed by atoms with Crippen molar-refractivity contribution >= 4 is 44.5 Å². The highest BCUT2D eigenvalue weighted by Gasteiger charge is 2.07. The van der Waals surface area contributed by atoms with Gasteiger partial charge in [0.1, 0.15) is 5.82 Å². The maximum Gasteiger partial charge on any atom is 0.303 e. The zero-order valence-electron chi connectivity index (χ0n) is 8.13. The Kier molecular flexibility index (Phi) is 3.16. The second kappa shape index (κ2) is 4.43. The predicted octanol–water partition coefficient (Wildman–Crippen LogP) is 3.00. The van der Waals surface area contributed by atoms with Crippen molar-refractivity contribution < 1.29 is 9.90 Å². The van der Waals surface area contributed by atoms with Crippen molar-refractivity contribution in [1.82, 2.24) is 9.97 Å². The molecule has 6 heteroatoms. The van der Waals surface area contributed by atoms with Gasteiger partial charge in [-0.15, -0.1) is 0 Å². The Hall–Kier alpha value is -1.07. The zero-order chi connectivity index (χ0) is 11.7. The van der Waals surface area contributed by atoms with Crippen LogP contribution in [0.25, 0.3) is 11.0 Å². The van der Waals surface area contributed by atoms with Crippen LogP contribution < -0.4 is 0 Å². The number of aromatic amines is 1. The van der Waals surface area contributed by atoms with E-state index in [1.54, 1.807) is 12.1 Å². The monoisotopic (exact) mass is 302 g/mol. The summed E-state index contributed by atoms with van der Waals surface area (Å²) in [7, 11) is 0. The van der Waals surface area contributed by atoms with E-state index in [-0.39, 0.29) is 6.42 Å². The summed E-state index contributed by atoms with van der Waals surface area (Å²) >= 11 is 9.24. The molecule has 2 N–H and O–H groups in total. The van der Waals surface area contributed by atoms with Gasteiger partial charge in [-0.1, -0.05) is 11.6 Å². The number of imidazole rings is 1. The van der Waals surface area contributed by atoms with Crippen LogP contribution in [0.5, 0.6) is 0 Å². The third kappa shape index (κ3) is 2.36. The van der Waals surface area contributed by atoms with E-state index in [0.717, 1.165) is 15.5 Å². The first-order chi connectivity index (χ1) is 7.56. The van der Waals surface area contributed by atoms with Crippen LogP contribution in [0.1, 0.15) is 12.2 Å². The number of aromatic nitrogens is 2. The number of fused-ring (bicyclic) bond motifs is 1. The highest BCUT2D eigenvalue weighted by atomic mass is 79.9. The lowest BCUT2D eigenvalue weighted by Gasteiger charge is -1.93. The van der Waals surface area contributed by atoms with E-state index in [1.165, 1.54) is 0 Å². The van der Waals surface area contributed by atoms with Crippen molar-refractivity contribution in [3.8, 4) is 0 Å². The van der Waals surface area contributed by atoms with Crippen LogP contribution in [-0.2, 0) is 11.2 Å². The molecule has 0 radical (unpaired) electrons. The molecule has 84 valence electrons. The van der Waals surface area contributed by atoms with E-state index in [4.69, 9.17) is 16.7 Å². The largest absolute Gasteiger partial charge is 0.481 e. The number of nitrogens with zero attached hydrogens (tertiary/aromatic N) is 1. The van der Waals surface area contributed by atoms with Crippen LogP contribution in [0.3, 0.4) is 0 Å². The fourth-order valence-corrected chi connectivity index (χ4v) is 1.90. The van der Waals surface area contributed by atoms with Crippen molar-refractivity contribution in [2.75, 3.05) is 0 Å². The molecule has 0 unspecified atom stereocenters. The molecule has 0 atom stereocenters. The molecule has 16 heavy (non-hydrogen) atoms. The molecule has 1 aromatic carbocycles. The fraction of sp³-hybridized carbons (Fsp3) is 0.200. The Balaban J connectivity index is 2.33. The molecule has 0 spiro atoms. The van der Waals surface area contributed by atoms with Gasteiger partial charge in [-0.25, -0.2) is 4.98 Å². The molecule has 0 amide bonds. The molecule has 0 aliphatic rings. The highest BCUT2D eigenvalue weighted by molar-refractivity contribution is 9.10. The lowest BCUT2D eigenvalue weighted by Crippen LogP contribution is -1.98. The van der Waals surface area contributed by atoms with E-state index >= 15 is 0 Å². The minimum Gasteiger partial charge on any atom is -0.481 e. The van der Waals surface area contributed by atoms with Gasteiger partial charge in [0.05, 0.1) is 22.5 Å². The molecular weight excluding hydrogens is 295 g/mol. The minimum atomic E-state index is -0.834. The highest BCUT2D eigenvalue weighted by Crippen LogP contribution is 2.27. The average Bonchev–Trinajstić information content (AvgIpc) is 2.58. The second-order valence-electron chi connectivity index (χ2n) is 3.36. The Morgan fingerprint density at radius 3 is 3.00 bits per heavy atom. The molecule has 0 saturated heterocycles. The molecule has 1 aromatic heterocycles. The number of hydrogen-bond acceptors (Lipinski definition) is 2. The van der Waals surface area contributed by atoms with Gasteiger partial charge in [0.25, 0.3) is 0 Å². The summed E-state index contributed by atoms with van der Waals surface area (Å²) in [6.07, 6.45) is 0.452. The van der Waals surface area contributed by atoms with Gasteiger partial charge >= 0.3 is 5.97 Å². The van der Waals surface area contributed by atoms with E-state index in [0.29, 0.717) is 17.3 Å². The zero-order valence-corrected chi connectivity index (χ0v) is 10.5. The number of aryl methyl sites for hydroxylation is 1. The summed E-state index contributed by atoms with van der Waals surface area (Å²) in [4.78, 5) is 17.7. The summed E-state index contributed by atoms with van der Waals surface area (Å²) < 4.78 is 0.776. The van der Waals surface area contributed by atoms with Crippen LogP contribution in [0.4, 0.5) is 0 Å². The van der Waals surface area contributed by atoms with Gasteiger partial charge in [-0.2, -0.15) is 0 Å². The number of benzene rings is 1. The number of H-pyrrole nitrogens is 1. The molecule has 2 rings (SSSR count). The normalized spacial score (nSPS) is 10.9. The molecule has 1 heterocycles. The molecule has 0 bridgehead atoms. The van der Waals surface area contributed by atoms with Crippen LogP contribution in [0, 0.1) is 0 Å². The van der Waals surface area contributed by atoms with E-state index in [2.05, 4.69) is 25.9 Å². The van der Waals surface area contributed by atoms with Crippen LogP contribution in [-0.4, -0.2) is 21.0 Å². The van der Waals surface area contributed by atoms with Gasteiger partial charge in [-0.3, -0.25) is 4.79 Å². The SMILES string of the molecule is O=C(O)CCc1nc2cc(Br)c(Cl)cc2[nH]1. The summed E-state index contributed by atoms with van der Waals surface area (Å²) in [5.41, 5.74) is 1.59. The first-order valence-electron chi connectivity index (χ1n) is 4.61. The lowest BCUT2D eigenvalue weighted by atomic mass is 10.3. The molecule has 2 aromatic rings. The topological polar surface area (TPSA) is 66.0 Å². The lowest BCUT2D eigenvalue weighted by molar-refractivity contribution is -0.137. The van der Waals surface area contributed by atoms with E-state index in [1.807, 2.05) is 0 Å². The quantitative estimate of drug-likeness (QED) is 0.916. The minimum absolute atomic E-state index is 0.0642. The standard InChI is InChI=1S/C10H8BrClN2O2/c11-5-3-7-8(4-6(5)12)14-9(13-7)1-2-10(15)16/h3-4H,1-2H2,(H,13,14)(H,15,16). The summed E-state index contributed by atoms with van der Waals surface area (Å²) in [5.74, 6) is -0.175. The van der Waals surface area contributed by atoms with Gasteiger partial charge in [0.2, 0.25) is 0 Å². The maximum absolute atomic E-state index is 10.4. The average molecular weight is 304 g/mol.